The number of rotatable bonds is 8. The predicted molar refractivity (Wildman–Crippen MR) is 139 cm³/mol. The van der Waals surface area contributed by atoms with Gasteiger partial charge in [-0.25, -0.2) is 0 Å². The van der Waals surface area contributed by atoms with Crippen LogP contribution in [0.1, 0.15) is 56.7 Å². The van der Waals surface area contributed by atoms with Crippen molar-refractivity contribution in [2.75, 3.05) is 24.5 Å². The first-order valence-corrected chi connectivity index (χ1v) is 12.9. The molecule has 9 nitrogen and oxygen atoms in total. The van der Waals surface area contributed by atoms with Crippen LogP contribution in [0.2, 0.25) is 0 Å². The second kappa shape index (κ2) is 11.4. The van der Waals surface area contributed by atoms with Crippen LogP contribution in [-0.2, 0) is 20.9 Å². The van der Waals surface area contributed by atoms with E-state index in [9.17, 15) is 19.6 Å². The summed E-state index contributed by atoms with van der Waals surface area (Å²) < 4.78 is 7.89. The molecule has 1 aromatic heterocycles. The van der Waals surface area contributed by atoms with Gasteiger partial charge in [0.15, 0.2) is 0 Å². The maximum Gasteiger partial charge on any atom is 0.303 e. The zero-order chi connectivity index (χ0) is 25.9. The van der Waals surface area contributed by atoms with Crippen LogP contribution in [0.5, 0.6) is 0 Å². The van der Waals surface area contributed by atoms with E-state index < -0.39 is 5.97 Å². The molecule has 0 saturated carbocycles. The minimum atomic E-state index is -0.928. The Kier molecular flexibility index (Phi) is 8.74. The molecule has 2 saturated heterocycles. The number of thiocarbonyl (C=S) groups is 1. The first kappa shape index (κ1) is 26.9. The molecule has 11 heteroatoms. The summed E-state index contributed by atoms with van der Waals surface area (Å²) in [5.41, 5.74) is 0.872. The lowest BCUT2D eigenvalue weighted by molar-refractivity contribution is -0.137. The number of nitrogens with zero attached hydrogens (tertiary/aromatic N) is 4. The molecule has 3 rings (SSSR count). The predicted octanol–water partition coefficient (Wildman–Crippen LogP) is 3.12. The maximum atomic E-state index is 13.3. The molecule has 188 valence electrons. The average molecular weight is 519 g/mol. The highest BCUT2D eigenvalue weighted by Gasteiger charge is 2.34. The fraction of sp³-hybridized carbons (Fsp3) is 0.542. The van der Waals surface area contributed by atoms with E-state index in [2.05, 4.69) is 11.0 Å². The van der Waals surface area contributed by atoms with Crippen molar-refractivity contribution in [3.8, 4) is 6.07 Å². The number of morpholine rings is 1. The van der Waals surface area contributed by atoms with Gasteiger partial charge in [-0.2, -0.15) is 5.26 Å². The first-order chi connectivity index (χ1) is 16.6. The second-order valence-electron chi connectivity index (χ2n) is 8.80. The smallest absolute Gasteiger partial charge is 0.303 e. The number of amides is 1. The molecular formula is C24H30N4O5S2. The molecule has 1 aromatic rings. The van der Waals surface area contributed by atoms with Crippen LogP contribution in [-0.4, -0.2) is 62.6 Å². The van der Waals surface area contributed by atoms with E-state index >= 15 is 0 Å². The number of hydrogen-bond acceptors (Lipinski definition) is 8. The zero-order valence-corrected chi connectivity index (χ0v) is 22.0. The average Bonchev–Trinajstić information content (AvgIpc) is 3.04. The highest BCUT2D eigenvalue weighted by Crippen LogP contribution is 2.36. The van der Waals surface area contributed by atoms with E-state index in [0.717, 1.165) is 11.8 Å². The molecule has 0 aromatic carbocycles. The molecule has 0 aliphatic carbocycles. The summed E-state index contributed by atoms with van der Waals surface area (Å²) in [4.78, 5) is 41.2. The fourth-order valence-electron chi connectivity index (χ4n) is 4.48. The number of aromatic nitrogens is 1. The van der Waals surface area contributed by atoms with Gasteiger partial charge in [-0.1, -0.05) is 30.9 Å². The van der Waals surface area contributed by atoms with E-state index in [4.69, 9.17) is 22.1 Å². The van der Waals surface area contributed by atoms with Gasteiger partial charge in [0, 0.05) is 38.2 Å². The summed E-state index contributed by atoms with van der Waals surface area (Å²) in [6, 6.07) is 2.05. The highest BCUT2D eigenvalue weighted by molar-refractivity contribution is 8.26. The lowest BCUT2D eigenvalue weighted by Crippen LogP contribution is -2.48. The molecule has 2 unspecified atom stereocenters. The van der Waals surface area contributed by atoms with Crippen LogP contribution in [0.3, 0.4) is 0 Å². The third-order valence-corrected chi connectivity index (χ3v) is 7.31. The van der Waals surface area contributed by atoms with Crippen LogP contribution in [0.4, 0.5) is 5.82 Å². The monoisotopic (exact) mass is 518 g/mol. The normalized spacial score (nSPS) is 21.6. The van der Waals surface area contributed by atoms with Gasteiger partial charge in [-0.15, -0.1) is 0 Å². The van der Waals surface area contributed by atoms with Crippen LogP contribution < -0.4 is 10.5 Å². The first-order valence-electron chi connectivity index (χ1n) is 11.6. The number of hydrogen-bond donors (Lipinski definition) is 1. The van der Waals surface area contributed by atoms with Crippen molar-refractivity contribution in [2.24, 2.45) is 0 Å². The SMILES string of the molecule is CCCn1c(N2CC(C)OC(C)C2)c(/C=C2\SC(=S)N(CCCC(=O)O)C2=O)c(C)c(C#N)c1=O. The Morgan fingerprint density at radius 2 is 1.94 bits per heavy atom. The van der Waals surface area contributed by atoms with Gasteiger partial charge in [0.2, 0.25) is 0 Å². The number of carboxylic acid groups (broad SMARTS) is 1. The number of pyridine rings is 1. The quantitative estimate of drug-likeness (QED) is 0.409. The lowest BCUT2D eigenvalue weighted by atomic mass is 10.0. The van der Waals surface area contributed by atoms with E-state index in [1.54, 1.807) is 17.6 Å². The minimum Gasteiger partial charge on any atom is -0.481 e. The maximum absolute atomic E-state index is 13.3. The summed E-state index contributed by atoms with van der Waals surface area (Å²) in [5.74, 6) is -0.555. The standard InChI is InChI=1S/C24H30N4O5S2/c1-5-8-27-21(26-12-14(2)33-15(3)13-26)17(16(4)18(11-25)22(27)31)10-19-23(32)28(24(34)35-19)9-6-7-20(29)30/h10,14-15H,5-9,12-13H2,1-4H3,(H,29,30)/b19-10-. The van der Waals surface area contributed by atoms with Crippen molar-refractivity contribution in [3.05, 3.63) is 31.9 Å². The van der Waals surface area contributed by atoms with Crippen molar-refractivity contribution in [2.45, 2.75) is 65.7 Å². The molecule has 1 N–H and O–H groups in total. The van der Waals surface area contributed by atoms with E-state index in [0.29, 0.717) is 58.6 Å². The van der Waals surface area contributed by atoms with Gasteiger partial charge in [0.05, 0.1) is 17.1 Å². The largest absolute Gasteiger partial charge is 0.481 e. The second-order valence-corrected chi connectivity index (χ2v) is 10.5. The summed E-state index contributed by atoms with van der Waals surface area (Å²) in [5, 5.41) is 18.7. The summed E-state index contributed by atoms with van der Waals surface area (Å²) in [6.45, 7) is 9.43. The summed E-state index contributed by atoms with van der Waals surface area (Å²) in [6.07, 6.45) is 2.54. The van der Waals surface area contributed by atoms with Gasteiger partial charge in [-0.3, -0.25) is 23.9 Å². The molecule has 2 aliphatic rings. The Balaban J connectivity index is 2.14. The van der Waals surface area contributed by atoms with Gasteiger partial charge >= 0.3 is 5.97 Å². The molecule has 2 atom stereocenters. The van der Waals surface area contributed by atoms with E-state index in [-0.39, 0.29) is 42.2 Å². The topological polar surface area (TPSA) is 116 Å². The Labute approximate surface area is 214 Å². The van der Waals surface area contributed by atoms with E-state index in [1.165, 1.54) is 4.90 Å². The van der Waals surface area contributed by atoms with E-state index in [1.807, 2.05) is 20.8 Å². The number of nitriles is 1. The lowest BCUT2D eigenvalue weighted by Gasteiger charge is -2.39. The number of carboxylic acids is 1. The molecule has 2 aliphatic heterocycles. The number of ether oxygens (including phenoxy) is 1. The summed E-state index contributed by atoms with van der Waals surface area (Å²) >= 11 is 6.54. The van der Waals surface area contributed by atoms with Crippen LogP contribution in [0, 0.1) is 18.3 Å². The van der Waals surface area contributed by atoms with Crippen molar-refractivity contribution in [3.63, 3.8) is 0 Å². The fourth-order valence-corrected chi connectivity index (χ4v) is 5.77. The van der Waals surface area contributed by atoms with Gasteiger partial charge < -0.3 is 14.7 Å². The Morgan fingerprint density at radius 1 is 1.29 bits per heavy atom. The Bertz CT molecular complexity index is 1160. The highest BCUT2D eigenvalue weighted by atomic mass is 32.2. The molecule has 35 heavy (non-hydrogen) atoms. The molecule has 3 heterocycles. The molecule has 1 amide bonds. The molecule has 0 bridgehead atoms. The van der Waals surface area contributed by atoms with Crippen LogP contribution in [0.15, 0.2) is 9.70 Å². The van der Waals surface area contributed by atoms with Crippen molar-refractivity contribution >= 4 is 52.1 Å². The Hall–Kier alpha value is -2.68. The Morgan fingerprint density at radius 3 is 2.51 bits per heavy atom. The third kappa shape index (κ3) is 5.77. The molecular weight excluding hydrogens is 488 g/mol. The molecule has 0 spiro atoms. The zero-order valence-electron chi connectivity index (χ0n) is 20.4. The number of aliphatic carboxylic acids is 1. The van der Waals surface area contributed by atoms with Gasteiger partial charge in [-0.05, 0) is 45.3 Å². The van der Waals surface area contributed by atoms with Crippen LogP contribution in [0.25, 0.3) is 6.08 Å². The van der Waals surface area contributed by atoms with Crippen LogP contribution >= 0.6 is 24.0 Å². The molecule has 0 radical (unpaired) electrons. The van der Waals surface area contributed by atoms with Gasteiger partial charge in [0.1, 0.15) is 21.8 Å². The minimum absolute atomic E-state index is 0.0553. The van der Waals surface area contributed by atoms with Gasteiger partial charge in [0.25, 0.3) is 11.5 Å². The third-order valence-electron chi connectivity index (χ3n) is 5.93. The van der Waals surface area contributed by atoms with Crippen molar-refractivity contribution in [1.29, 1.82) is 5.26 Å². The summed E-state index contributed by atoms with van der Waals surface area (Å²) in [7, 11) is 0. The van der Waals surface area contributed by atoms with Crippen molar-refractivity contribution in [1.82, 2.24) is 9.47 Å². The number of carbonyl (C=O) groups is 2. The number of anilines is 1. The number of thioether (sulfide) groups is 1. The molecule has 2 fully saturated rings. The number of carbonyl (C=O) groups excluding carboxylic acids is 1. The van der Waals surface area contributed by atoms with Crippen molar-refractivity contribution < 1.29 is 19.4 Å².